The summed E-state index contributed by atoms with van der Waals surface area (Å²) in [4.78, 5) is 11.3. The maximum atomic E-state index is 13.8. The number of esters is 1. The van der Waals surface area contributed by atoms with Crippen LogP contribution in [0.1, 0.15) is 110 Å². The van der Waals surface area contributed by atoms with Gasteiger partial charge in [-0.05, 0) is 6.42 Å². The van der Waals surface area contributed by atoms with Crippen molar-refractivity contribution in [1.29, 1.82) is 0 Å². The van der Waals surface area contributed by atoms with Gasteiger partial charge < -0.3 is 4.74 Å². The molecule has 19 heteroatoms. The first-order valence-electron chi connectivity index (χ1n) is 14.6. The SMILES string of the molecule is CCCCCCCCCCCCCCCCCCOC(=O)C(F)(F)C(F)(F)C(F)(F)C(F)(F)C(F)(F)C(F)(F)C(F)(F)C(F)(F)F. The molecule has 0 radical (unpaired) electrons. The number of halogens is 17. The maximum absolute atomic E-state index is 13.8. The number of unbranched alkanes of at least 4 members (excludes halogenated alkanes) is 15. The molecule has 0 aromatic rings. The third-order valence-electron chi connectivity index (χ3n) is 7.21. The fraction of sp³-hybridized carbons (Fsp3) is 0.963. The topological polar surface area (TPSA) is 26.3 Å². The Bertz CT molecular complexity index is 901. The van der Waals surface area contributed by atoms with Gasteiger partial charge in [-0.1, -0.05) is 103 Å². The van der Waals surface area contributed by atoms with Gasteiger partial charge >= 0.3 is 53.6 Å². The zero-order chi connectivity index (χ0) is 36.3. The van der Waals surface area contributed by atoms with Crippen LogP contribution in [-0.4, -0.2) is 60.2 Å². The van der Waals surface area contributed by atoms with E-state index < -0.39 is 60.2 Å². The van der Waals surface area contributed by atoms with Crippen LogP contribution in [0.2, 0.25) is 0 Å². The molecule has 0 N–H and O–H groups in total. The van der Waals surface area contributed by atoms with E-state index in [4.69, 9.17) is 0 Å². The van der Waals surface area contributed by atoms with Gasteiger partial charge in [-0.15, -0.1) is 0 Å². The first-order chi connectivity index (χ1) is 20.7. The number of ether oxygens (including phenoxy) is 1. The molecule has 0 aliphatic heterocycles. The van der Waals surface area contributed by atoms with Crippen molar-refractivity contribution in [2.75, 3.05) is 6.61 Å². The molecule has 0 fully saturated rings. The van der Waals surface area contributed by atoms with Crippen LogP contribution in [0.5, 0.6) is 0 Å². The van der Waals surface area contributed by atoms with E-state index in [-0.39, 0.29) is 12.8 Å². The number of rotatable bonds is 24. The van der Waals surface area contributed by atoms with Crippen molar-refractivity contribution in [2.45, 2.75) is 157 Å². The van der Waals surface area contributed by atoms with E-state index in [1.165, 1.54) is 32.1 Å². The van der Waals surface area contributed by atoms with Crippen molar-refractivity contribution in [3.8, 4) is 0 Å². The van der Waals surface area contributed by atoms with Crippen molar-refractivity contribution in [3.05, 3.63) is 0 Å². The molecular weight excluding hydrogens is 679 g/mol. The van der Waals surface area contributed by atoms with Gasteiger partial charge in [-0.25, -0.2) is 4.79 Å². The molecule has 0 aliphatic carbocycles. The molecule has 0 aliphatic rings. The zero-order valence-corrected chi connectivity index (χ0v) is 24.8. The third kappa shape index (κ3) is 9.68. The molecule has 0 heterocycles. The Balaban J connectivity index is 4.92. The molecular formula is C27H37F17O2. The summed E-state index contributed by atoms with van der Waals surface area (Å²) in [5.74, 6) is -61.7. The molecule has 0 spiro atoms. The van der Waals surface area contributed by atoms with Gasteiger partial charge in [0.05, 0.1) is 6.61 Å². The molecule has 0 aromatic carbocycles. The molecule has 0 atom stereocenters. The lowest BCUT2D eigenvalue weighted by molar-refractivity contribution is -0.460. The summed E-state index contributed by atoms with van der Waals surface area (Å²) in [5.41, 5.74) is 0. The first kappa shape index (κ1) is 44.3. The van der Waals surface area contributed by atoms with Crippen LogP contribution in [0.4, 0.5) is 74.6 Å². The van der Waals surface area contributed by atoms with Crippen molar-refractivity contribution < 1.29 is 84.2 Å². The molecule has 0 unspecified atom stereocenters. The molecule has 0 amide bonds. The highest BCUT2D eigenvalue weighted by molar-refractivity contribution is 5.79. The summed E-state index contributed by atoms with van der Waals surface area (Å²) >= 11 is 0. The molecule has 46 heavy (non-hydrogen) atoms. The van der Waals surface area contributed by atoms with Crippen LogP contribution in [0.25, 0.3) is 0 Å². The van der Waals surface area contributed by atoms with Crippen molar-refractivity contribution in [1.82, 2.24) is 0 Å². The second-order valence-electron chi connectivity index (χ2n) is 11.0. The van der Waals surface area contributed by atoms with Gasteiger partial charge in [0.15, 0.2) is 0 Å². The summed E-state index contributed by atoms with van der Waals surface area (Å²) in [5, 5.41) is 0. The van der Waals surface area contributed by atoms with Crippen LogP contribution in [0.3, 0.4) is 0 Å². The Morgan fingerprint density at radius 2 is 0.652 bits per heavy atom. The molecule has 0 saturated heterocycles. The number of hydrogen-bond donors (Lipinski definition) is 0. The van der Waals surface area contributed by atoms with Gasteiger partial charge in [-0.2, -0.15) is 74.6 Å². The largest absolute Gasteiger partial charge is 0.461 e. The van der Waals surface area contributed by atoms with Crippen LogP contribution < -0.4 is 0 Å². The average Bonchev–Trinajstić information content (AvgIpc) is 2.93. The Labute approximate surface area is 254 Å². The summed E-state index contributed by atoms with van der Waals surface area (Å²) in [6, 6.07) is 0. The summed E-state index contributed by atoms with van der Waals surface area (Å²) < 4.78 is 229. The minimum atomic E-state index is -8.74. The Morgan fingerprint density at radius 1 is 0.391 bits per heavy atom. The number of alkyl halides is 17. The van der Waals surface area contributed by atoms with Crippen molar-refractivity contribution in [2.24, 2.45) is 0 Å². The molecule has 2 nitrogen and oxygen atoms in total. The lowest BCUT2D eigenvalue weighted by Crippen LogP contribution is -2.75. The number of carbonyl (C=O) groups excluding carboxylic acids is 1. The normalized spacial score (nSPS) is 14.6. The quantitative estimate of drug-likeness (QED) is 0.0565. The third-order valence-corrected chi connectivity index (χ3v) is 7.21. The predicted octanol–water partition coefficient (Wildman–Crippen LogP) is 11.8. The van der Waals surface area contributed by atoms with E-state index in [1.807, 2.05) is 0 Å². The van der Waals surface area contributed by atoms with E-state index in [2.05, 4.69) is 11.7 Å². The van der Waals surface area contributed by atoms with Gasteiger partial charge in [0.1, 0.15) is 0 Å². The highest BCUT2D eigenvalue weighted by Gasteiger charge is 2.95. The van der Waals surface area contributed by atoms with Crippen LogP contribution in [0, 0.1) is 0 Å². The van der Waals surface area contributed by atoms with Crippen LogP contribution >= 0.6 is 0 Å². The first-order valence-corrected chi connectivity index (χ1v) is 14.6. The predicted molar refractivity (Wildman–Crippen MR) is 131 cm³/mol. The number of carbonyl (C=O) groups is 1. The highest BCUT2D eigenvalue weighted by Crippen LogP contribution is 2.64. The standard InChI is InChI=1S/C27H37F17O2/c1-2-3-4-5-6-7-8-9-10-11-12-13-14-15-16-17-18-46-19(45)20(28,29)21(30,31)22(32,33)23(34,35)24(36,37)25(38,39)26(40,41)27(42,43)44/h2-18H2,1H3. The lowest BCUT2D eigenvalue weighted by atomic mass is 9.89. The van der Waals surface area contributed by atoms with Gasteiger partial charge in [0.2, 0.25) is 0 Å². The van der Waals surface area contributed by atoms with Gasteiger partial charge in [0.25, 0.3) is 0 Å². The van der Waals surface area contributed by atoms with Crippen LogP contribution in [-0.2, 0) is 9.53 Å². The highest BCUT2D eigenvalue weighted by atomic mass is 19.4. The summed E-state index contributed by atoms with van der Waals surface area (Å²) in [6.45, 7) is 0.935. The lowest BCUT2D eigenvalue weighted by Gasteiger charge is -2.42. The van der Waals surface area contributed by atoms with E-state index >= 15 is 0 Å². The van der Waals surface area contributed by atoms with E-state index in [1.54, 1.807) is 0 Å². The molecule has 0 rings (SSSR count). The monoisotopic (exact) mass is 716 g/mol. The average molecular weight is 717 g/mol. The second kappa shape index (κ2) is 17.1. The molecule has 0 aromatic heterocycles. The molecule has 0 bridgehead atoms. The van der Waals surface area contributed by atoms with E-state index in [0.717, 1.165) is 44.9 Å². The second-order valence-corrected chi connectivity index (χ2v) is 11.0. The van der Waals surface area contributed by atoms with Crippen LogP contribution in [0.15, 0.2) is 0 Å². The Morgan fingerprint density at radius 3 is 0.957 bits per heavy atom. The summed E-state index contributed by atoms with van der Waals surface area (Å²) in [6.07, 6.45) is 5.92. The Kier molecular flexibility index (Phi) is 16.5. The number of hydrogen-bond acceptors (Lipinski definition) is 2. The Hall–Kier alpha value is -1.72. The van der Waals surface area contributed by atoms with Crippen molar-refractivity contribution in [3.63, 3.8) is 0 Å². The zero-order valence-electron chi connectivity index (χ0n) is 24.8. The van der Waals surface area contributed by atoms with Gasteiger partial charge in [0, 0.05) is 0 Å². The molecule has 276 valence electrons. The fourth-order valence-electron chi connectivity index (χ4n) is 4.20. The van der Waals surface area contributed by atoms with E-state index in [0.29, 0.717) is 12.8 Å². The maximum Gasteiger partial charge on any atom is 0.460 e. The van der Waals surface area contributed by atoms with Crippen molar-refractivity contribution >= 4 is 5.97 Å². The smallest absolute Gasteiger partial charge is 0.460 e. The van der Waals surface area contributed by atoms with E-state index in [9.17, 15) is 79.4 Å². The minimum Gasteiger partial charge on any atom is -0.461 e. The fourth-order valence-corrected chi connectivity index (χ4v) is 4.20. The van der Waals surface area contributed by atoms with Gasteiger partial charge in [-0.3, -0.25) is 0 Å². The molecule has 0 saturated carbocycles. The summed E-state index contributed by atoms with van der Waals surface area (Å²) in [7, 11) is 0. The minimum absolute atomic E-state index is 0.107.